The molecule has 0 aromatic rings. The molecule has 110 valence electrons. The van der Waals surface area contributed by atoms with Crippen molar-refractivity contribution in [3.05, 3.63) is 0 Å². The normalized spacial score (nSPS) is 30.3. The van der Waals surface area contributed by atoms with E-state index in [4.69, 9.17) is 10.9 Å². The second kappa shape index (κ2) is 5.74. The van der Waals surface area contributed by atoms with Gasteiger partial charge in [-0.25, -0.2) is 5.14 Å². The van der Waals surface area contributed by atoms with Gasteiger partial charge in [0.25, 0.3) is 10.2 Å². The molecule has 0 spiro atoms. The molecule has 2 fully saturated rings. The second-order valence-electron chi connectivity index (χ2n) is 5.38. The van der Waals surface area contributed by atoms with Crippen LogP contribution in [0.3, 0.4) is 0 Å². The molecule has 2 rings (SSSR count). The standard InChI is InChI=1S/C11H22N4O3S/c12-10-3-1-9(2-4-10)11(16)14-5-7-15(8-6-14)19(13,17)18/h9-10H,1-8,12H2,(H2,13,17,18). The molecular weight excluding hydrogens is 268 g/mol. The van der Waals surface area contributed by atoms with Gasteiger partial charge in [0.05, 0.1) is 0 Å². The van der Waals surface area contributed by atoms with E-state index in [1.165, 1.54) is 4.31 Å². The number of piperazine rings is 1. The number of nitrogens with zero attached hydrogens (tertiary/aromatic N) is 2. The maximum atomic E-state index is 12.3. The Kier molecular flexibility index (Phi) is 4.44. The smallest absolute Gasteiger partial charge is 0.277 e. The summed E-state index contributed by atoms with van der Waals surface area (Å²) in [4.78, 5) is 14.1. The highest BCUT2D eigenvalue weighted by molar-refractivity contribution is 7.86. The van der Waals surface area contributed by atoms with E-state index in [1.807, 2.05) is 0 Å². The minimum atomic E-state index is -3.63. The molecule has 2 aliphatic rings. The zero-order valence-electron chi connectivity index (χ0n) is 11.0. The molecule has 1 amide bonds. The van der Waals surface area contributed by atoms with Crippen LogP contribution >= 0.6 is 0 Å². The largest absolute Gasteiger partial charge is 0.340 e. The van der Waals surface area contributed by atoms with Crippen LogP contribution in [0.15, 0.2) is 0 Å². The number of hydrogen-bond acceptors (Lipinski definition) is 4. The number of amides is 1. The fourth-order valence-corrected chi connectivity index (χ4v) is 3.46. The summed E-state index contributed by atoms with van der Waals surface area (Å²) in [7, 11) is -3.63. The van der Waals surface area contributed by atoms with Crippen LogP contribution in [0.5, 0.6) is 0 Å². The van der Waals surface area contributed by atoms with Crippen molar-refractivity contribution in [2.24, 2.45) is 16.8 Å². The van der Waals surface area contributed by atoms with Crippen LogP contribution in [-0.2, 0) is 15.0 Å². The number of rotatable bonds is 2. The summed E-state index contributed by atoms with van der Waals surface area (Å²) >= 11 is 0. The van der Waals surface area contributed by atoms with E-state index in [9.17, 15) is 13.2 Å². The summed E-state index contributed by atoms with van der Waals surface area (Å²) < 4.78 is 23.6. The molecule has 1 saturated heterocycles. The van der Waals surface area contributed by atoms with Crippen molar-refractivity contribution in [2.45, 2.75) is 31.7 Å². The Labute approximate surface area is 114 Å². The van der Waals surface area contributed by atoms with Crippen molar-refractivity contribution in [1.29, 1.82) is 0 Å². The Morgan fingerprint density at radius 3 is 2.00 bits per heavy atom. The fraction of sp³-hybridized carbons (Fsp3) is 0.909. The molecule has 1 aliphatic heterocycles. The molecule has 19 heavy (non-hydrogen) atoms. The Bertz CT molecular complexity index is 423. The molecule has 4 N–H and O–H groups in total. The zero-order chi connectivity index (χ0) is 14.0. The highest BCUT2D eigenvalue weighted by atomic mass is 32.2. The van der Waals surface area contributed by atoms with Crippen LogP contribution in [-0.4, -0.2) is 55.8 Å². The highest BCUT2D eigenvalue weighted by Gasteiger charge is 2.31. The maximum absolute atomic E-state index is 12.3. The van der Waals surface area contributed by atoms with Crippen molar-refractivity contribution in [2.75, 3.05) is 26.2 Å². The SMILES string of the molecule is NC1CCC(C(=O)N2CCN(S(N)(=O)=O)CC2)CC1. The van der Waals surface area contributed by atoms with E-state index in [1.54, 1.807) is 4.90 Å². The van der Waals surface area contributed by atoms with Crippen molar-refractivity contribution in [1.82, 2.24) is 9.21 Å². The van der Waals surface area contributed by atoms with Crippen LogP contribution in [0, 0.1) is 5.92 Å². The fourth-order valence-electron chi connectivity index (χ4n) is 2.79. The van der Waals surface area contributed by atoms with E-state index >= 15 is 0 Å². The van der Waals surface area contributed by atoms with Crippen LogP contribution in [0.4, 0.5) is 0 Å². The summed E-state index contributed by atoms with van der Waals surface area (Å²) in [5.41, 5.74) is 5.83. The lowest BCUT2D eigenvalue weighted by molar-refractivity contribution is -0.137. The summed E-state index contributed by atoms with van der Waals surface area (Å²) in [5, 5.41) is 5.07. The molecule has 0 atom stereocenters. The summed E-state index contributed by atoms with van der Waals surface area (Å²) in [6, 6.07) is 0.225. The molecule has 1 saturated carbocycles. The molecule has 1 heterocycles. The molecule has 0 aromatic heterocycles. The number of carbonyl (C=O) groups excluding carboxylic acids is 1. The molecule has 7 nitrogen and oxygen atoms in total. The third kappa shape index (κ3) is 3.65. The summed E-state index contributed by atoms with van der Waals surface area (Å²) in [5.74, 6) is 0.196. The van der Waals surface area contributed by atoms with Crippen LogP contribution < -0.4 is 10.9 Å². The van der Waals surface area contributed by atoms with Crippen molar-refractivity contribution >= 4 is 16.1 Å². The number of carbonyl (C=O) groups is 1. The predicted molar refractivity (Wildman–Crippen MR) is 71.2 cm³/mol. The van der Waals surface area contributed by atoms with E-state index in [0.29, 0.717) is 13.1 Å². The third-order valence-electron chi connectivity index (χ3n) is 4.03. The zero-order valence-corrected chi connectivity index (χ0v) is 11.8. The van der Waals surface area contributed by atoms with E-state index < -0.39 is 10.2 Å². The summed E-state index contributed by atoms with van der Waals surface area (Å²) in [6.07, 6.45) is 3.48. The first kappa shape index (κ1) is 14.7. The Hall–Kier alpha value is -0.700. The minimum Gasteiger partial charge on any atom is -0.340 e. The molecule has 0 unspecified atom stereocenters. The van der Waals surface area contributed by atoms with Crippen LogP contribution in [0.1, 0.15) is 25.7 Å². The second-order valence-corrected chi connectivity index (χ2v) is 6.93. The first-order chi connectivity index (χ1) is 8.88. The number of nitrogens with two attached hydrogens (primary N) is 2. The number of hydrogen-bond donors (Lipinski definition) is 2. The van der Waals surface area contributed by atoms with Crippen LogP contribution in [0.25, 0.3) is 0 Å². The van der Waals surface area contributed by atoms with Gasteiger partial charge in [0.15, 0.2) is 0 Å². The average molecular weight is 290 g/mol. The van der Waals surface area contributed by atoms with E-state index in [0.717, 1.165) is 25.7 Å². The van der Waals surface area contributed by atoms with Crippen molar-refractivity contribution in [3.8, 4) is 0 Å². The Morgan fingerprint density at radius 1 is 1.00 bits per heavy atom. The van der Waals surface area contributed by atoms with Gasteiger partial charge in [0, 0.05) is 38.1 Å². The van der Waals surface area contributed by atoms with Crippen molar-refractivity contribution < 1.29 is 13.2 Å². The van der Waals surface area contributed by atoms with E-state index in [-0.39, 0.29) is 31.0 Å². The topological polar surface area (TPSA) is 110 Å². The minimum absolute atomic E-state index is 0.0563. The van der Waals surface area contributed by atoms with Gasteiger partial charge in [0.1, 0.15) is 0 Å². The lowest BCUT2D eigenvalue weighted by Crippen LogP contribution is -2.53. The molecule has 1 aliphatic carbocycles. The Morgan fingerprint density at radius 2 is 1.53 bits per heavy atom. The highest BCUT2D eigenvalue weighted by Crippen LogP contribution is 2.25. The van der Waals surface area contributed by atoms with Crippen molar-refractivity contribution in [3.63, 3.8) is 0 Å². The molecule has 0 aromatic carbocycles. The third-order valence-corrected chi connectivity index (χ3v) is 5.12. The lowest BCUT2D eigenvalue weighted by Gasteiger charge is -2.36. The van der Waals surface area contributed by atoms with Gasteiger partial charge in [-0.15, -0.1) is 0 Å². The predicted octanol–water partition coefficient (Wildman–Crippen LogP) is -1.15. The Balaban J connectivity index is 1.86. The van der Waals surface area contributed by atoms with Gasteiger partial charge < -0.3 is 10.6 Å². The van der Waals surface area contributed by atoms with E-state index in [2.05, 4.69) is 0 Å². The quantitative estimate of drug-likeness (QED) is 0.669. The average Bonchev–Trinajstić information content (AvgIpc) is 2.38. The maximum Gasteiger partial charge on any atom is 0.277 e. The summed E-state index contributed by atoms with van der Waals surface area (Å²) in [6.45, 7) is 1.43. The van der Waals surface area contributed by atoms with Gasteiger partial charge in [-0.1, -0.05) is 0 Å². The molecule has 0 bridgehead atoms. The van der Waals surface area contributed by atoms with Gasteiger partial charge >= 0.3 is 0 Å². The van der Waals surface area contributed by atoms with Crippen LogP contribution in [0.2, 0.25) is 0 Å². The van der Waals surface area contributed by atoms with Gasteiger partial charge in [0.2, 0.25) is 5.91 Å². The first-order valence-electron chi connectivity index (χ1n) is 6.70. The van der Waals surface area contributed by atoms with Gasteiger partial charge in [-0.05, 0) is 25.7 Å². The molecule has 0 radical (unpaired) electrons. The van der Waals surface area contributed by atoms with Gasteiger partial charge in [-0.3, -0.25) is 4.79 Å². The molecular formula is C11H22N4O3S. The first-order valence-corrected chi connectivity index (χ1v) is 8.20. The van der Waals surface area contributed by atoms with Gasteiger partial charge in [-0.2, -0.15) is 12.7 Å². The molecule has 8 heteroatoms. The lowest BCUT2D eigenvalue weighted by atomic mass is 9.85. The monoisotopic (exact) mass is 290 g/mol.